The molecule has 144 valence electrons. The van der Waals surface area contributed by atoms with E-state index in [-0.39, 0.29) is 23.1 Å². The first-order valence-electron chi connectivity index (χ1n) is 8.81. The molecule has 0 atom stereocenters. The number of aromatic nitrogens is 3. The van der Waals surface area contributed by atoms with Crippen LogP contribution in [0.5, 0.6) is 0 Å². The van der Waals surface area contributed by atoms with Crippen LogP contribution in [0.4, 0.5) is 5.82 Å². The Balaban J connectivity index is 2.36. The second-order valence-electron chi connectivity index (χ2n) is 6.64. The molecule has 0 aliphatic heterocycles. The van der Waals surface area contributed by atoms with Gasteiger partial charge in [-0.1, -0.05) is 24.3 Å². The van der Waals surface area contributed by atoms with Crippen LogP contribution in [0.3, 0.4) is 0 Å². The number of carbonyl (C=O) groups is 1. The smallest absolute Gasteiger partial charge is 0.271 e. The highest BCUT2D eigenvalue weighted by Crippen LogP contribution is 2.32. The summed E-state index contributed by atoms with van der Waals surface area (Å²) in [6, 6.07) is 10.5. The molecule has 0 fully saturated rings. The number of nitrogens with two attached hydrogens (primary N) is 3. The summed E-state index contributed by atoms with van der Waals surface area (Å²) in [5.41, 5.74) is 20.1. The number of anilines is 1. The van der Waals surface area contributed by atoms with Crippen molar-refractivity contribution in [2.24, 2.45) is 11.5 Å². The lowest BCUT2D eigenvalue weighted by atomic mass is 10.00. The molecule has 0 spiro atoms. The highest BCUT2D eigenvalue weighted by molar-refractivity contribution is 5.97. The zero-order valence-corrected chi connectivity index (χ0v) is 15.7. The molecule has 3 rings (SSSR count). The number of nitrogens with zero attached hydrogens (tertiary/aromatic N) is 3. The van der Waals surface area contributed by atoms with Crippen molar-refractivity contribution in [3.63, 3.8) is 0 Å². The molecule has 1 aromatic carbocycles. The number of hydrogen-bond donors (Lipinski definition) is 3. The van der Waals surface area contributed by atoms with Crippen LogP contribution in [0.15, 0.2) is 47.4 Å². The topological polar surface area (TPSA) is 143 Å². The van der Waals surface area contributed by atoms with E-state index in [4.69, 9.17) is 17.2 Å². The molecule has 0 bridgehead atoms. The fraction of sp³-hybridized carbons (Fsp3) is 0.200. The Morgan fingerprint density at radius 2 is 1.82 bits per heavy atom. The van der Waals surface area contributed by atoms with Gasteiger partial charge in [0.25, 0.3) is 11.5 Å². The predicted molar refractivity (Wildman–Crippen MR) is 108 cm³/mol. The molecule has 0 saturated heterocycles. The number of rotatable bonds is 5. The van der Waals surface area contributed by atoms with Gasteiger partial charge in [-0.3, -0.25) is 9.59 Å². The van der Waals surface area contributed by atoms with E-state index in [0.29, 0.717) is 23.5 Å². The van der Waals surface area contributed by atoms with Crippen molar-refractivity contribution in [1.29, 1.82) is 0 Å². The number of amides is 1. The average molecular weight is 378 g/mol. The third-order valence-corrected chi connectivity index (χ3v) is 4.42. The first-order chi connectivity index (χ1) is 13.3. The van der Waals surface area contributed by atoms with E-state index in [1.54, 1.807) is 16.8 Å². The SMILES string of the molecule is CC(C)n1cc(-c2nc(C(N)=O)c(N)nc2-c2ccccc2CN)ccc1=O. The second-order valence-corrected chi connectivity index (χ2v) is 6.64. The van der Waals surface area contributed by atoms with Gasteiger partial charge >= 0.3 is 0 Å². The van der Waals surface area contributed by atoms with Crippen LogP contribution in [0.1, 0.15) is 35.9 Å². The summed E-state index contributed by atoms with van der Waals surface area (Å²) in [6.45, 7) is 4.10. The van der Waals surface area contributed by atoms with Gasteiger partial charge in [-0.15, -0.1) is 0 Å². The van der Waals surface area contributed by atoms with Gasteiger partial charge in [-0.25, -0.2) is 9.97 Å². The van der Waals surface area contributed by atoms with Crippen LogP contribution in [0.2, 0.25) is 0 Å². The van der Waals surface area contributed by atoms with Crippen molar-refractivity contribution in [1.82, 2.24) is 14.5 Å². The Bertz CT molecular complexity index is 1100. The molecular weight excluding hydrogens is 356 g/mol. The van der Waals surface area contributed by atoms with Gasteiger partial charge in [0.15, 0.2) is 11.5 Å². The lowest BCUT2D eigenvalue weighted by Gasteiger charge is -2.16. The Morgan fingerprint density at radius 3 is 2.46 bits per heavy atom. The van der Waals surface area contributed by atoms with Gasteiger partial charge in [-0.05, 0) is 25.5 Å². The van der Waals surface area contributed by atoms with Crippen LogP contribution in [0, 0.1) is 0 Å². The third kappa shape index (κ3) is 3.49. The molecule has 6 N–H and O–H groups in total. The standard InChI is InChI=1S/C20H22N6O2/c1-11(2)26-10-13(7-8-15(26)27)16-17(14-6-4-3-5-12(14)9-21)25-19(22)18(24-16)20(23)28/h3-8,10-11H,9,21H2,1-2H3,(H2,22,25)(H2,23,28). The highest BCUT2D eigenvalue weighted by Gasteiger charge is 2.20. The first kappa shape index (κ1) is 19.2. The van der Waals surface area contributed by atoms with Gasteiger partial charge in [0.1, 0.15) is 0 Å². The number of nitrogen functional groups attached to an aromatic ring is 1. The van der Waals surface area contributed by atoms with Crippen LogP contribution in [-0.4, -0.2) is 20.4 Å². The summed E-state index contributed by atoms with van der Waals surface area (Å²) in [5.74, 6) is -0.836. The largest absolute Gasteiger partial charge is 0.382 e. The monoisotopic (exact) mass is 378 g/mol. The van der Waals surface area contributed by atoms with E-state index < -0.39 is 5.91 Å². The Kier molecular flexibility index (Phi) is 5.23. The minimum atomic E-state index is -0.776. The molecule has 3 aromatic rings. The molecule has 2 aromatic heterocycles. The van der Waals surface area contributed by atoms with E-state index >= 15 is 0 Å². The Hall–Kier alpha value is -3.52. The molecular formula is C20H22N6O2. The molecule has 0 aliphatic rings. The molecule has 1 amide bonds. The van der Waals surface area contributed by atoms with Crippen LogP contribution in [-0.2, 0) is 6.54 Å². The number of pyridine rings is 1. The summed E-state index contributed by atoms with van der Waals surface area (Å²) in [7, 11) is 0. The van der Waals surface area contributed by atoms with Crippen molar-refractivity contribution >= 4 is 11.7 Å². The molecule has 0 saturated carbocycles. The summed E-state index contributed by atoms with van der Waals surface area (Å²) in [5, 5.41) is 0. The molecule has 0 radical (unpaired) electrons. The van der Waals surface area contributed by atoms with Crippen molar-refractivity contribution < 1.29 is 4.79 Å². The zero-order valence-electron chi connectivity index (χ0n) is 15.7. The lowest BCUT2D eigenvalue weighted by Crippen LogP contribution is -2.21. The van der Waals surface area contributed by atoms with E-state index in [9.17, 15) is 9.59 Å². The first-order valence-corrected chi connectivity index (χ1v) is 8.81. The molecule has 0 unspecified atom stereocenters. The van der Waals surface area contributed by atoms with Gasteiger partial charge in [-0.2, -0.15) is 0 Å². The van der Waals surface area contributed by atoms with Gasteiger partial charge in [0.2, 0.25) is 0 Å². The molecule has 8 heteroatoms. The van der Waals surface area contributed by atoms with E-state index in [2.05, 4.69) is 9.97 Å². The maximum Gasteiger partial charge on any atom is 0.271 e. The molecule has 8 nitrogen and oxygen atoms in total. The van der Waals surface area contributed by atoms with Crippen molar-refractivity contribution in [3.05, 3.63) is 64.2 Å². The van der Waals surface area contributed by atoms with Gasteiger partial charge in [0.05, 0.1) is 11.4 Å². The fourth-order valence-corrected chi connectivity index (χ4v) is 3.00. The fourth-order valence-electron chi connectivity index (χ4n) is 3.00. The number of primary amides is 1. The number of carbonyl (C=O) groups excluding carboxylic acids is 1. The lowest BCUT2D eigenvalue weighted by molar-refractivity contribution is 0.0996. The summed E-state index contributed by atoms with van der Waals surface area (Å²) >= 11 is 0. The van der Waals surface area contributed by atoms with E-state index in [0.717, 1.165) is 11.1 Å². The average Bonchev–Trinajstić information content (AvgIpc) is 2.67. The number of benzene rings is 1. The summed E-state index contributed by atoms with van der Waals surface area (Å²) in [4.78, 5) is 32.7. The van der Waals surface area contributed by atoms with Crippen LogP contribution < -0.4 is 22.8 Å². The molecule has 28 heavy (non-hydrogen) atoms. The maximum atomic E-state index is 12.1. The second kappa shape index (κ2) is 7.61. The highest BCUT2D eigenvalue weighted by atomic mass is 16.1. The third-order valence-electron chi connectivity index (χ3n) is 4.42. The van der Waals surface area contributed by atoms with Crippen LogP contribution >= 0.6 is 0 Å². The Labute approximate surface area is 162 Å². The van der Waals surface area contributed by atoms with Crippen LogP contribution in [0.25, 0.3) is 22.5 Å². The van der Waals surface area contributed by atoms with E-state index in [1.807, 2.05) is 38.1 Å². The summed E-state index contributed by atoms with van der Waals surface area (Å²) < 4.78 is 1.58. The zero-order chi connectivity index (χ0) is 20.4. The quantitative estimate of drug-likeness (QED) is 0.616. The van der Waals surface area contributed by atoms with Crippen molar-refractivity contribution in [2.45, 2.75) is 26.4 Å². The van der Waals surface area contributed by atoms with Crippen molar-refractivity contribution in [2.75, 3.05) is 5.73 Å². The van der Waals surface area contributed by atoms with Crippen molar-refractivity contribution in [3.8, 4) is 22.5 Å². The molecule has 2 heterocycles. The van der Waals surface area contributed by atoms with E-state index in [1.165, 1.54) is 6.07 Å². The van der Waals surface area contributed by atoms with Gasteiger partial charge in [0, 0.05) is 36.0 Å². The molecule has 0 aliphatic carbocycles. The predicted octanol–water partition coefficient (Wildman–Crippen LogP) is 1.69. The Morgan fingerprint density at radius 1 is 1.11 bits per heavy atom. The van der Waals surface area contributed by atoms with Gasteiger partial charge < -0.3 is 21.8 Å². The number of hydrogen-bond acceptors (Lipinski definition) is 6. The summed E-state index contributed by atoms with van der Waals surface area (Å²) in [6.07, 6.45) is 1.69. The minimum absolute atomic E-state index is 0.0513. The maximum absolute atomic E-state index is 12.1. The minimum Gasteiger partial charge on any atom is -0.382 e. The normalized spacial score (nSPS) is 11.0.